The molecule has 0 radical (unpaired) electrons. The summed E-state index contributed by atoms with van der Waals surface area (Å²) >= 11 is 0.197. The molecule has 3 aromatic rings. The van der Waals surface area contributed by atoms with Crippen LogP contribution in [0.1, 0.15) is 23.0 Å². The second-order valence-corrected chi connectivity index (χ2v) is 8.32. The summed E-state index contributed by atoms with van der Waals surface area (Å²) in [6.45, 7) is 1.95. The van der Waals surface area contributed by atoms with Crippen molar-refractivity contribution >= 4 is 28.5 Å². The van der Waals surface area contributed by atoms with E-state index in [1.165, 1.54) is 22.0 Å². The number of carbonyl (C=O) groups excluding carboxylic acids is 1. The van der Waals surface area contributed by atoms with Crippen molar-refractivity contribution in [2.24, 2.45) is 7.05 Å². The molecule has 4 heterocycles. The van der Waals surface area contributed by atoms with Gasteiger partial charge in [-0.15, -0.1) is 0 Å². The van der Waals surface area contributed by atoms with Crippen molar-refractivity contribution < 1.29 is 14.1 Å². The molecule has 0 spiro atoms. The highest BCUT2D eigenvalue weighted by molar-refractivity contribution is 7.93. The highest BCUT2D eigenvalue weighted by Gasteiger charge is 2.37. The number of nitrogens with zero attached hydrogens (tertiary/aromatic N) is 3. The summed E-state index contributed by atoms with van der Waals surface area (Å²) in [5.41, 5.74) is 2.80. The van der Waals surface area contributed by atoms with E-state index in [4.69, 9.17) is 4.74 Å². The van der Waals surface area contributed by atoms with Crippen LogP contribution in [0.15, 0.2) is 38.8 Å². The number of thiophene rings is 1. The van der Waals surface area contributed by atoms with E-state index in [9.17, 15) is 14.1 Å². The van der Waals surface area contributed by atoms with Gasteiger partial charge in [-0.05, 0) is 24.4 Å². The van der Waals surface area contributed by atoms with E-state index in [1.54, 1.807) is 30.9 Å². The van der Waals surface area contributed by atoms with Gasteiger partial charge in [0.1, 0.15) is 5.75 Å². The molecule has 0 saturated heterocycles. The van der Waals surface area contributed by atoms with E-state index >= 15 is 0 Å². The number of carbonyl (C=O) groups is 1. The van der Waals surface area contributed by atoms with Gasteiger partial charge >= 0.3 is 5.97 Å². The van der Waals surface area contributed by atoms with Crippen LogP contribution in [-0.4, -0.2) is 31.5 Å². The lowest BCUT2D eigenvalue weighted by Gasteiger charge is -2.18. The van der Waals surface area contributed by atoms with Crippen LogP contribution < -0.4 is 5.56 Å². The highest BCUT2D eigenvalue weighted by atomic mass is 32.2. The molecule has 0 saturated carbocycles. The minimum absolute atomic E-state index is 0.141. The van der Waals surface area contributed by atoms with E-state index in [2.05, 4.69) is 5.10 Å². The Balaban J connectivity index is 1.99. The maximum absolute atomic E-state index is 12.6. The molecule has 1 aliphatic rings. The smallest absolute Gasteiger partial charge is 0.359 e. The molecule has 0 amide bonds. The molecule has 134 valence electrons. The largest absolute Gasteiger partial charge is 0.611 e. The van der Waals surface area contributed by atoms with Crippen LogP contribution in [0, 0.1) is 0 Å². The summed E-state index contributed by atoms with van der Waals surface area (Å²) < 4.78 is 21.5. The van der Waals surface area contributed by atoms with Crippen molar-refractivity contribution in [2.45, 2.75) is 16.9 Å². The average molecular weight is 389 g/mol. The molecule has 1 unspecified atom stereocenters. The SMILES string of the molecule is CCOC(=O)c1nn(-c2ccc(=O)n(C)c2)c2c1C[S+]([O-])c1sccc1-2. The first kappa shape index (κ1) is 17.1. The number of pyridine rings is 1. The van der Waals surface area contributed by atoms with Gasteiger partial charge in [-0.25, -0.2) is 9.48 Å². The number of hydrogen-bond donors (Lipinski definition) is 0. The molecular weight excluding hydrogens is 374 g/mol. The quantitative estimate of drug-likeness (QED) is 0.505. The Morgan fingerprint density at radius 3 is 2.96 bits per heavy atom. The number of ether oxygens (including phenoxy) is 1. The van der Waals surface area contributed by atoms with E-state index in [0.717, 1.165) is 15.5 Å². The summed E-state index contributed by atoms with van der Waals surface area (Å²) in [5, 5.41) is 6.34. The van der Waals surface area contributed by atoms with Crippen molar-refractivity contribution in [3.63, 3.8) is 0 Å². The van der Waals surface area contributed by atoms with Gasteiger partial charge < -0.3 is 13.9 Å². The number of aromatic nitrogens is 3. The molecule has 0 aromatic carbocycles. The normalized spacial score (nSPS) is 15.4. The van der Waals surface area contributed by atoms with Crippen LogP contribution in [0.4, 0.5) is 0 Å². The zero-order valence-electron chi connectivity index (χ0n) is 14.1. The standard InChI is InChI=1S/C17H15N3O4S2/c1-3-24-16(22)14-12-9-26(23)17-11(6-7-25-17)15(12)20(18-14)10-4-5-13(21)19(2)8-10/h4-8H,3,9H2,1-2H3. The zero-order chi connectivity index (χ0) is 18.4. The van der Waals surface area contributed by atoms with Crippen LogP contribution >= 0.6 is 11.3 Å². The van der Waals surface area contributed by atoms with E-state index in [0.29, 0.717) is 11.3 Å². The van der Waals surface area contributed by atoms with Gasteiger partial charge in [0.25, 0.3) is 0 Å². The second kappa shape index (κ2) is 6.42. The van der Waals surface area contributed by atoms with Crippen molar-refractivity contribution in [3.8, 4) is 16.9 Å². The van der Waals surface area contributed by atoms with Gasteiger partial charge in [0.2, 0.25) is 9.77 Å². The number of aryl methyl sites for hydroxylation is 1. The molecule has 0 fully saturated rings. The molecule has 0 N–H and O–H groups in total. The number of fused-ring (bicyclic) bond motifs is 3. The minimum atomic E-state index is -1.23. The first-order chi connectivity index (χ1) is 12.5. The summed E-state index contributed by atoms with van der Waals surface area (Å²) in [6, 6.07) is 4.98. The fourth-order valence-corrected chi connectivity index (χ4v) is 5.43. The van der Waals surface area contributed by atoms with E-state index in [-0.39, 0.29) is 23.6 Å². The molecule has 3 aromatic heterocycles. The molecule has 1 aliphatic heterocycles. The van der Waals surface area contributed by atoms with E-state index in [1.807, 2.05) is 11.4 Å². The van der Waals surface area contributed by atoms with Crippen molar-refractivity contribution in [3.05, 3.63) is 51.4 Å². The highest BCUT2D eigenvalue weighted by Crippen LogP contribution is 2.43. The van der Waals surface area contributed by atoms with Crippen molar-refractivity contribution in [2.75, 3.05) is 6.61 Å². The van der Waals surface area contributed by atoms with Gasteiger partial charge in [-0.3, -0.25) is 4.79 Å². The van der Waals surface area contributed by atoms with Crippen molar-refractivity contribution in [1.82, 2.24) is 14.3 Å². The van der Waals surface area contributed by atoms with Gasteiger partial charge in [0, 0.05) is 30.5 Å². The molecule has 7 nitrogen and oxygen atoms in total. The summed E-state index contributed by atoms with van der Waals surface area (Å²) in [4.78, 5) is 24.1. The van der Waals surface area contributed by atoms with Gasteiger partial charge in [0.15, 0.2) is 5.69 Å². The molecule has 26 heavy (non-hydrogen) atoms. The Kier molecular flexibility index (Phi) is 4.22. The monoisotopic (exact) mass is 389 g/mol. The molecule has 1 atom stereocenters. The molecule has 0 aliphatic carbocycles. The Labute approximate surface area is 156 Å². The summed E-state index contributed by atoms with van der Waals surface area (Å²) in [5.74, 6) is -0.328. The number of rotatable bonds is 3. The lowest BCUT2D eigenvalue weighted by Crippen LogP contribution is -2.17. The Bertz CT molecular complexity index is 1070. The van der Waals surface area contributed by atoms with Crippen LogP contribution in [0.5, 0.6) is 0 Å². The maximum atomic E-state index is 12.6. The third kappa shape index (κ3) is 2.59. The third-order valence-corrected chi connectivity index (χ3v) is 6.87. The fraction of sp³-hybridized carbons (Fsp3) is 0.235. The molecule has 9 heteroatoms. The minimum Gasteiger partial charge on any atom is -0.611 e. The summed E-state index contributed by atoms with van der Waals surface area (Å²) in [7, 11) is 1.65. The molecule has 0 bridgehead atoms. The lowest BCUT2D eigenvalue weighted by molar-refractivity contribution is 0.0518. The Hall–Kier alpha value is -2.36. The predicted molar refractivity (Wildman–Crippen MR) is 98.2 cm³/mol. The number of esters is 1. The van der Waals surface area contributed by atoms with Crippen LogP contribution in [0.25, 0.3) is 16.9 Å². The third-order valence-electron chi connectivity index (χ3n) is 4.13. The second-order valence-electron chi connectivity index (χ2n) is 5.76. The van der Waals surface area contributed by atoms with Crippen molar-refractivity contribution in [1.29, 1.82) is 0 Å². The zero-order valence-corrected chi connectivity index (χ0v) is 15.7. The van der Waals surface area contributed by atoms with Gasteiger partial charge in [0.05, 0.1) is 29.1 Å². The predicted octanol–water partition coefficient (Wildman–Crippen LogP) is 2.10. The maximum Gasteiger partial charge on any atom is 0.359 e. The molecule has 4 rings (SSSR count). The Morgan fingerprint density at radius 2 is 2.23 bits per heavy atom. The Morgan fingerprint density at radius 1 is 1.42 bits per heavy atom. The fourth-order valence-electron chi connectivity index (χ4n) is 2.96. The molecular formula is C17H15N3O4S2. The van der Waals surface area contributed by atoms with Crippen LogP contribution in [0.3, 0.4) is 0 Å². The van der Waals surface area contributed by atoms with Crippen LogP contribution in [0.2, 0.25) is 0 Å². The lowest BCUT2D eigenvalue weighted by atomic mass is 10.1. The van der Waals surface area contributed by atoms with E-state index < -0.39 is 17.1 Å². The van der Waals surface area contributed by atoms with Crippen LogP contribution in [-0.2, 0) is 28.7 Å². The number of hydrogen-bond acceptors (Lipinski definition) is 6. The average Bonchev–Trinajstić information content (AvgIpc) is 3.22. The van der Waals surface area contributed by atoms with Gasteiger partial charge in [-0.1, -0.05) is 11.3 Å². The topological polar surface area (TPSA) is 89.2 Å². The first-order valence-electron chi connectivity index (χ1n) is 7.93. The summed E-state index contributed by atoms with van der Waals surface area (Å²) in [6.07, 6.45) is 1.65. The van der Waals surface area contributed by atoms with Gasteiger partial charge in [-0.2, -0.15) is 5.10 Å². The first-order valence-corrected chi connectivity index (χ1v) is 10.1.